The predicted molar refractivity (Wildman–Crippen MR) is 134 cm³/mol. The molecule has 0 saturated heterocycles. The highest BCUT2D eigenvalue weighted by Crippen LogP contribution is 2.33. The molecule has 0 aromatic heterocycles. The van der Waals surface area contributed by atoms with Gasteiger partial charge in [0.15, 0.2) is 0 Å². The zero-order chi connectivity index (χ0) is 22.6. The van der Waals surface area contributed by atoms with Gasteiger partial charge in [-0.2, -0.15) is 0 Å². The molecule has 0 heterocycles. The van der Waals surface area contributed by atoms with Crippen molar-refractivity contribution in [1.29, 1.82) is 0 Å². The van der Waals surface area contributed by atoms with E-state index in [-0.39, 0.29) is 0 Å². The third kappa shape index (κ3) is 6.57. The molecule has 32 heavy (non-hydrogen) atoms. The molecular weight excluding hydrogens is 392 g/mol. The lowest BCUT2D eigenvalue weighted by atomic mass is 9.91. The first-order valence-electron chi connectivity index (χ1n) is 11.5. The highest BCUT2D eigenvalue weighted by atomic mass is 16.5. The lowest BCUT2D eigenvalue weighted by Gasteiger charge is -2.17. The number of hydrogen-bond donors (Lipinski definition) is 0. The van der Waals surface area contributed by atoms with E-state index in [1.165, 1.54) is 22.3 Å². The van der Waals surface area contributed by atoms with Crippen LogP contribution in [0, 0.1) is 29.6 Å². The maximum Gasteiger partial charge on any atom is 0.119 e. The number of ether oxygens (including phenoxy) is 2. The van der Waals surface area contributed by atoms with Gasteiger partial charge in [-0.15, -0.1) is 0 Å². The van der Waals surface area contributed by atoms with E-state index < -0.39 is 0 Å². The van der Waals surface area contributed by atoms with Gasteiger partial charge in [-0.25, -0.2) is 0 Å². The summed E-state index contributed by atoms with van der Waals surface area (Å²) in [7, 11) is 1.70. The highest BCUT2D eigenvalue weighted by Gasteiger charge is 2.11. The monoisotopic (exact) mass is 424 g/mol. The van der Waals surface area contributed by atoms with E-state index in [1.807, 2.05) is 24.3 Å². The molecule has 0 amide bonds. The average molecular weight is 425 g/mol. The second-order valence-electron chi connectivity index (χ2n) is 7.81. The van der Waals surface area contributed by atoms with Crippen molar-refractivity contribution in [2.24, 2.45) is 5.92 Å². The number of methoxy groups -OCH3 is 1. The van der Waals surface area contributed by atoms with Crippen molar-refractivity contribution in [2.75, 3.05) is 13.7 Å². The zero-order valence-electron chi connectivity index (χ0n) is 19.4. The first-order valence-corrected chi connectivity index (χ1v) is 11.5. The Bertz CT molecular complexity index is 1050. The predicted octanol–water partition coefficient (Wildman–Crippen LogP) is 7.17. The van der Waals surface area contributed by atoms with Gasteiger partial charge in [0.2, 0.25) is 0 Å². The molecule has 0 radical (unpaired) electrons. The topological polar surface area (TPSA) is 18.5 Å². The fourth-order valence-electron chi connectivity index (χ4n) is 3.94. The minimum atomic E-state index is 0.399. The van der Waals surface area contributed by atoms with E-state index in [1.54, 1.807) is 7.11 Å². The fraction of sp³-hybridized carbons (Fsp3) is 0.333. The average Bonchev–Trinajstić information content (AvgIpc) is 2.85. The molecule has 3 rings (SSSR count). The highest BCUT2D eigenvalue weighted by molar-refractivity contribution is 5.90. The largest absolute Gasteiger partial charge is 0.497 e. The Labute approximate surface area is 193 Å². The SMILES string of the molecule is CC/C(=C(/CC)c1ccc(OCC2CC#C/C=C\C#CCC2)cc1)c1ccc(OC)cc1. The van der Waals surface area contributed by atoms with Gasteiger partial charge >= 0.3 is 0 Å². The van der Waals surface area contributed by atoms with Crippen LogP contribution in [0.25, 0.3) is 11.1 Å². The number of benzene rings is 2. The molecule has 164 valence electrons. The quantitative estimate of drug-likeness (QED) is 0.330. The summed E-state index contributed by atoms with van der Waals surface area (Å²) < 4.78 is 11.4. The van der Waals surface area contributed by atoms with E-state index in [0.717, 1.165) is 43.6 Å². The third-order valence-electron chi connectivity index (χ3n) is 5.72. The molecule has 0 spiro atoms. The van der Waals surface area contributed by atoms with Gasteiger partial charge in [0, 0.05) is 18.8 Å². The minimum absolute atomic E-state index is 0.399. The minimum Gasteiger partial charge on any atom is -0.497 e. The molecule has 2 heteroatoms. The number of rotatable bonds is 8. The van der Waals surface area contributed by atoms with Crippen molar-refractivity contribution in [2.45, 2.75) is 46.0 Å². The smallest absolute Gasteiger partial charge is 0.119 e. The van der Waals surface area contributed by atoms with Gasteiger partial charge < -0.3 is 9.47 Å². The molecule has 1 atom stereocenters. The zero-order valence-corrected chi connectivity index (χ0v) is 19.4. The van der Waals surface area contributed by atoms with Crippen LogP contribution < -0.4 is 9.47 Å². The van der Waals surface area contributed by atoms with Gasteiger partial charge in [0.05, 0.1) is 13.7 Å². The van der Waals surface area contributed by atoms with Crippen LogP contribution in [0.4, 0.5) is 0 Å². The van der Waals surface area contributed by atoms with Crippen LogP contribution in [0.5, 0.6) is 11.5 Å². The Morgan fingerprint density at radius 2 is 1.38 bits per heavy atom. The summed E-state index contributed by atoms with van der Waals surface area (Å²) in [5.41, 5.74) is 5.25. The molecule has 1 aliphatic carbocycles. The number of allylic oxidation sites excluding steroid dienone is 4. The van der Waals surface area contributed by atoms with Crippen LogP contribution in [0.3, 0.4) is 0 Å². The molecule has 0 saturated carbocycles. The lowest BCUT2D eigenvalue weighted by Crippen LogP contribution is -2.11. The van der Waals surface area contributed by atoms with E-state index in [9.17, 15) is 0 Å². The molecular formula is C30H32O2. The first-order chi connectivity index (χ1) is 15.7. The van der Waals surface area contributed by atoms with Crippen LogP contribution >= 0.6 is 0 Å². The molecule has 1 unspecified atom stereocenters. The summed E-state index contributed by atoms with van der Waals surface area (Å²) in [6, 6.07) is 16.9. The van der Waals surface area contributed by atoms with Crippen LogP contribution in [-0.2, 0) is 0 Å². The summed E-state index contributed by atoms with van der Waals surface area (Å²) in [6.07, 6.45) is 8.34. The molecule has 0 fully saturated rings. The van der Waals surface area contributed by atoms with Gasteiger partial charge in [-0.1, -0.05) is 61.8 Å². The molecule has 0 aliphatic heterocycles. The maximum absolute atomic E-state index is 6.12. The van der Waals surface area contributed by atoms with Crippen LogP contribution in [0.2, 0.25) is 0 Å². The van der Waals surface area contributed by atoms with Crippen molar-refractivity contribution in [3.63, 3.8) is 0 Å². The molecule has 2 nitrogen and oxygen atoms in total. The Morgan fingerprint density at radius 3 is 1.94 bits per heavy atom. The number of hydrogen-bond acceptors (Lipinski definition) is 2. The normalized spacial score (nSPS) is 17.0. The van der Waals surface area contributed by atoms with Gasteiger partial charge in [0.25, 0.3) is 0 Å². The molecule has 0 N–H and O–H groups in total. The van der Waals surface area contributed by atoms with Gasteiger partial charge in [-0.3, -0.25) is 0 Å². The van der Waals surface area contributed by atoms with E-state index in [2.05, 4.69) is 73.9 Å². The standard InChI is InChI=1S/C30H32O2/c1-4-29(25-15-19-27(31-3)20-16-25)30(5-2)26-17-21-28(22-18-26)32-23-24-13-11-9-7-6-8-10-12-14-24/h6-7,15-22,24H,4-5,12-14,23H2,1-3H3/b7-6-,30-29+. The Kier molecular flexibility index (Phi) is 9.09. The van der Waals surface area contributed by atoms with Crippen molar-refractivity contribution >= 4 is 11.1 Å². The van der Waals surface area contributed by atoms with E-state index >= 15 is 0 Å². The van der Waals surface area contributed by atoms with Crippen LogP contribution in [0.15, 0.2) is 60.7 Å². The Balaban J connectivity index is 1.71. The summed E-state index contributed by atoms with van der Waals surface area (Å²) in [6.45, 7) is 5.11. The summed E-state index contributed by atoms with van der Waals surface area (Å²) in [5, 5.41) is 0. The van der Waals surface area contributed by atoms with Crippen LogP contribution in [0.1, 0.15) is 57.1 Å². The molecule has 0 bridgehead atoms. The second kappa shape index (κ2) is 12.5. The fourth-order valence-corrected chi connectivity index (χ4v) is 3.94. The molecule has 1 aliphatic rings. The summed E-state index contributed by atoms with van der Waals surface area (Å²) >= 11 is 0. The van der Waals surface area contributed by atoms with Crippen LogP contribution in [-0.4, -0.2) is 13.7 Å². The van der Waals surface area contributed by atoms with E-state index in [0.29, 0.717) is 12.5 Å². The van der Waals surface area contributed by atoms with E-state index in [4.69, 9.17) is 9.47 Å². The van der Waals surface area contributed by atoms with Crippen molar-refractivity contribution < 1.29 is 9.47 Å². The van der Waals surface area contributed by atoms with Gasteiger partial charge in [-0.05, 0) is 78.0 Å². The Hall–Kier alpha value is -3.36. The first kappa shape index (κ1) is 23.3. The summed E-state index contributed by atoms with van der Waals surface area (Å²) in [4.78, 5) is 0. The van der Waals surface area contributed by atoms with Gasteiger partial charge in [0.1, 0.15) is 11.5 Å². The summed E-state index contributed by atoms with van der Waals surface area (Å²) in [5.74, 6) is 14.6. The molecule has 2 aromatic rings. The van der Waals surface area contributed by atoms with Crippen molar-refractivity contribution in [3.8, 4) is 35.2 Å². The van der Waals surface area contributed by atoms with Crippen molar-refractivity contribution in [1.82, 2.24) is 0 Å². The van der Waals surface area contributed by atoms with Crippen molar-refractivity contribution in [3.05, 3.63) is 71.8 Å². The lowest BCUT2D eigenvalue weighted by molar-refractivity contribution is 0.244. The molecule has 2 aromatic carbocycles. The second-order valence-corrected chi connectivity index (χ2v) is 7.81. The maximum atomic E-state index is 6.12. The Morgan fingerprint density at radius 1 is 0.812 bits per heavy atom. The third-order valence-corrected chi connectivity index (χ3v) is 5.72.